The number of carbonyl (C=O) groups is 2. The zero-order chi connectivity index (χ0) is 19.9. The second-order valence-corrected chi connectivity index (χ2v) is 5.93. The van der Waals surface area contributed by atoms with Gasteiger partial charge in [0.05, 0.1) is 11.3 Å². The van der Waals surface area contributed by atoms with E-state index in [1.165, 1.54) is 13.1 Å². The molecule has 1 heterocycles. The number of benzene rings is 2. The van der Waals surface area contributed by atoms with Crippen LogP contribution in [0.4, 0.5) is 22.9 Å². The Kier molecular flexibility index (Phi) is 5.63. The predicted molar refractivity (Wildman–Crippen MR) is 107 cm³/mol. The number of aromatic nitrogens is 1. The van der Waals surface area contributed by atoms with Gasteiger partial charge in [-0.25, -0.2) is 4.98 Å². The van der Waals surface area contributed by atoms with Crippen LogP contribution in [0.5, 0.6) is 0 Å². The summed E-state index contributed by atoms with van der Waals surface area (Å²) in [4.78, 5) is 27.9. The van der Waals surface area contributed by atoms with Crippen LogP contribution in [0.2, 0.25) is 0 Å². The molecule has 0 radical (unpaired) electrons. The number of carbonyl (C=O) groups excluding carboxylic acids is 2. The molecule has 0 aliphatic heterocycles. The third-order valence-electron chi connectivity index (χ3n) is 3.77. The number of nitrogens with one attached hydrogen (secondary N) is 3. The fourth-order valence-corrected chi connectivity index (χ4v) is 2.55. The minimum absolute atomic E-state index is 0.161. The Morgan fingerprint density at radius 2 is 1.75 bits per heavy atom. The highest BCUT2D eigenvalue weighted by atomic mass is 16.2. The number of hydrogen-bond donors (Lipinski definition) is 3. The summed E-state index contributed by atoms with van der Waals surface area (Å²) in [6, 6.07) is 19.2. The first-order valence-electron chi connectivity index (χ1n) is 8.46. The van der Waals surface area contributed by atoms with Crippen LogP contribution in [0.15, 0.2) is 66.9 Å². The molecule has 0 spiro atoms. The Hall–Kier alpha value is -4.18. The van der Waals surface area contributed by atoms with E-state index in [1.54, 1.807) is 54.6 Å². The maximum atomic E-state index is 12.5. The third-order valence-corrected chi connectivity index (χ3v) is 3.77. The van der Waals surface area contributed by atoms with Crippen molar-refractivity contribution in [3.05, 3.63) is 78.0 Å². The van der Waals surface area contributed by atoms with Gasteiger partial charge in [-0.1, -0.05) is 18.2 Å². The monoisotopic (exact) mass is 371 g/mol. The molecule has 0 aliphatic rings. The van der Waals surface area contributed by atoms with Crippen LogP contribution >= 0.6 is 0 Å². The van der Waals surface area contributed by atoms with Gasteiger partial charge in [0.2, 0.25) is 5.91 Å². The molecule has 7 heteroatoms. The molecule has 2 amide bonds. The molecule has 28 heavy (non-hydrogen) atoms. The summed E-state index contributed by atoms with van der Waals surface area (Å²) in [5.41, 5.74) is 2.59. The zero-order valence-corrected chi connectivity index (χ0v) is 15.1. The van der Waals surface area contributed by atoms with E-state index in [4.69, 9.17) is 5.26 Å². The zero-order valence-electron chi connectivity index (χ0n) is 15.1. The van der Waals surface area contributed by atoms with Crippen LogP contribution in [0.3, 0.4) is 0 Å². The molecule has 1 aromatic heterocycles. The molecule has 138 valence electrons. The minimum Gasteiger partial charge on any atom is -0.340 e. The minimum atomic E-state index is -0.347. The summed E-state index contributed by atoms with van der Waals surface area (Å²) in [5.74, 6) is -0.0343. The largest absolute Gasteiger partial charge is 0.340 e. The van der Waals surface area contributed by atoms with E-state index in [9.17, 15) is 9.59 Å². The van der Waals surface area contributed by atoms with Crippen LogP contribution in [0.1, 0.15) is 22.8 Å². The van der Waals surface area contributed by atoms with E-state index in [0.29, 0.717) is 34.0 Å². The van der Waals surface area contributed by atoms with Gasteiger partial charge in [-0.15, -0.1) is 0 Å². The number of nitrogens with zero attached hydrogens (tertiary/aromatic N) is 2. The highest BCUT2D eigenvalue weighted by Crippen LogP contribution is 2.20. The summed E-state index contributed by atoms with van der Waals surface area (Å²) in [6.45, 7) is 1.44. The van der Waals surface area contributed by atoms with E-state index in [-0.39, 0.29) is 11.8 Å². The van der Waals surface area contributed by atoms with Gasteiger partial charge in [0.25, 0.3) is 5.91 Å². The number of pyridine rings is 1. The molecule has 7 nitrogen and oxygen atoms in total. The first-order valence-corrected chi connectivity index (χ1v) is 8.46. The lowest BCUT2D eigenvalue weighted by Gasteiger charge is -2.10. The lowest BCUT2D eigenvalue weighted by atomic mass is 10.1. The van der Waals surface area contributed by atoms with Crippen LogP contribution < -0.4 is 16.0 Å². The summed E-state index contributed by atoms with van der Waals surface area (Å²) >= 11 is 0. The van der Waals surface area contributed by atoms with Gasteiger partial charge in [-0.05, 0) is 42.5 Å². The van der Waals surface area contributed by atoms with Gasteiger partial charge in [0, 0.05) is 30.1 Å². The van der Waals surface area contributed by atoms with Crippen LogP contribution in [0, 0.1) is 11.3 Å². The molecular formula is C21H17N5O2. The Morgan fingerprint density at radius 3 is 2.54 bits per heavy atom. The molecule has 2 aromatic carbocycles. The van der Waals surface area contributed by atoms with Crippen molar-refractivity contribution in [1.82, 2.24) is 4.98 Å². The van der Waals surface area contributed by atoms with Crippen molar-refractivity contribution < 1.29 is 9.59 Å². The molecule has 0 saturated carbocycles. The van der Waals surface area contributed by atoms with Crippen molar-refractivity contribution in [2.75, 3.05) is 16.0 Å². The van der Waals surface area contributed by atoms with Crippen molar-refractivity contribution in [3.63, 3.8) is 0 Å². The van der Waals surface area contributed by atoms with Crippen LogP contribution in [-0.4, -0.2) is 16.8 Å². The van der Waals surface area contributed by atoms with Gasteiger partial charge in [0.15, 0.2) is 0 Å². The summed E-state index contributed by atoms with van der Waals surface area (Å²) < 4.78 is 0. The fraction of sp³-hybridized carbons (Fsp3) is 0.0476. The average Bonchev–Trinajstić information content (AvgIpc) is 2.68. The van der Waals surface area contributed by atoms with Crippen molar-refractivity contribution in [2.24, 2.45) is 0 Å². The Balaban J connectivity index is 1.76. The van der Waals surface area contributed by atoms with Crippen LogP contribution in [0.25, 0.3) is 0 Å². The summed E-state index contributed by atoms with van der Waals surface area (Å²) in [6.07, 6.45) is 1.52. The van der Waals surface area contributed by atoms with Crippen molar-refractivity contribution in [2.45, 2.75) is 6.92 Å². The Labute approximate surface area is 162 Å². The van der Waals surface area contributed by atoms with Crippen molar-refractivity contribution in [3.8, 4) is 6.07 Å². The molecule has 3 N–H and O–H groups in total. The quantitative estimate of drug-likeness (QED) is 0.630. The average molecular weight is 371 g/mol. The van der Waals surface area contributed by atoms with Gasteiger partial charge in [-0.2, -0.15) is 5.26 Å². The number of hydrogen-bond acceptors (Lipinski definition) is 5. The summed E-state index contributed by atoms with van der Waals surface area (Å²) in [5, 5.41) is 17.7. The molecule has 0 unspecified atom stereocenters. The topological polar surface area (TPSA) is 107 Å². The highest BCUT2D eigenvalue weighted by Gasteiger charge is 2.10. The number of nitriles is 1. The normalized spacial score (nSPS) is 9.86. The van der Waals surface area contributed by atoms with E-state index in [2.05, 4.69) is 20.9 Å². The lowest BCUT2D eigenvalue weighted by molar-refractivity contribution is -0.114. The Bertz CT molecular complexity index is 1070. The van der Waals surface area contributed by atoms with Gasteiger partial charge < -0.3 is 16.0 Å². The maximum absolute atomic E-state index is 12.5. The molecule has 0 aliphatic carbocycles. The van der Waals surface area contributed by atoms with E-state index < -0.39 is 0 Å². The summed E-state index contributed by atoms with van der Waals surface area (Å²) in [7, 11) is 0. The molecular weight excluding hydrogens is 354 g/mol. The molecule has 0 saturated heterocycles. The van der Waals surface area contributed by atoms with E-state index in [0.717, 1.165) is 0 Å². The second-order valence-electron chi connectivity index (χ2n) is 5.93. The first-order chi connectivity index (χ1) is 13.5. The second kappa shape index (κ2) is 8.47. The molecule has 0 fully saturated rings. The Morgan fingerprint density at radius 1 is 0.964 bits per heavy atom. The van der Waals surface area contributed by atoms with Crippen molar-refractivity contribution in [1.29, 1.82) is 5.26 Å². The molecule has 0 bridgehead atoms. The number of rotatable bonds is 5. The molecule has 3 aromatic rings. The molecule has 0 atom stereocenters. The predicted octanol–water partition coefficient (Wildman–Crippen LogP) is 3.91. The smallest absolute Gasteiger partial charge is 0.255 e. The standard InChI is InChI=1S/C21H17N5O2/c1-14(27)24-17-6-4-7-18(12-17)25-20-11-15(9-10-23-20)21(28)26-19-8-3-2-5-16(19)13-22/h2-12H,1H3,(H,23,25)(H,24,27)(H,26,28). The fourth-order valence-electron chi connectivity index (χ4n) is 2.55. The number of anilines is 4. The van der Waals surface area contributed by atoms with Gasteiger partial charge >= 0.3 is 0 Å². The molecule has 3 rings (SSSR count). The maximum Gasteiger partial charge on any atom is 0.255 e. The van der Waals surface area contributed by atoms with E-state index >= 15 is 0 Å². The highest BCUT2D eigenvalue weighted by molar-refractivity contribution is 6.05. The number of para-hydroxylation sites is 1. The lowest BCUT2D eigenvalue weighted by Crippen LogP contribution is -2.13. The van der Waals surface area contributed by atoms with Crippen LogP contribution in [-0.2, 0) is 4.79 Å². The van der Waals surface area contributed by atoms with Gasteiger partial charge in [0.1, 0.15) is 11.9 Å². The SMILES string of the molecule is CC(=O)Nc1cccc(Nc2cc(C(=O)Nc3ccccc3C#N)ccn2)c1. The third kappa shape index (κ3) is 4.71. The number of amides is 2. The van der Waals surface area contributed by atoms with Crippen molar-refractivity contribution >= 4 is 34.7 Å². The van der Waals surface area contributed by atoms with Gasteiger partial charge in [-0.3, -0.25) is 9.59 Å². The van der Waals surface area contributed by atoms with E-state index in [1.807, 2.05) is 12.1 Å². The first kappa shape index (κ1) is 18.6.